The van der Waals surface area contributed by atoms with Gasteiger partial charge >= 0.3 is 0 Å². The fourth-order valence-corrected chi connectivity index (χ4v) is 1.58. The van der Waals surface area contributed by atoms with Gasteiger partial charge in [0, 0.05) is 12.1 Å². The molecule has 1 unspecified atom stereocenters. The molecule has 0 aliphatic rings. The third kappa shape index (κ3) is 5.65. The summed E-state index contributed by atoms with van der Waals surface area (Å²) in [6.45, 7) is 12.4. The minimum absolute atomic E-state index is 0.144. The highest BCUT2D eigenvalue weighted by Crippen LogP contribution is 2.13. The molecule has 1 aromatic carbocycles. The van der Waals surface area contributed by atoms with Gasteiger partial charge in [-0.2, -0.15) is 0 Å². The lowest BCUT2D eigenvalue weighted by Gasteiger charge is -2.22. The molecule has 0 aromatic heterocycles. The van der Waals surface area contributed by atoms with Crippen LogP contribution in [0.15, 0.2) is 24.3 Å². The summed E-state index contributed by atoms with van der Waals surface area (Å²) in [6, 6.07) is 8.50. The maximum atomic E-state index is 5.82. The summed E-state index contributed by atoms with van der Waals surface area (Å²) in [5, 5.41) is 3.52. The molecule has 102 valence electrons. The Balaban J connectivity index is 2.62. The molecule has 0 aliphatic heterocycles. The zero-order chi connectivity index (χ0) is 13.6. The second-order valence-corrected chi connectivity index (χ2v) is 5.90. The van der Waals surface area contributed by atoms with Crippen molar-refractivity contribution >= 4 is 0 Å². The largest absolute Gasteiger partial charge is 0.374 e. The summed E-state index contributed by atoms with van der Waals surface area (Å²) >= 11 is 0. The van der Waals surface area contributed by atoms with E-state index in [1.54, 1.807) is 0 Å². The lowest BCUT2D eigenvalue weighted by Crippen LogP contribution is -2.35. The van der Waals surface area contributed by atoms with Gasteiger partial charge in [0.05, 0.1) is 12.7 Å². The van der Waals surface area contributed by atoms with E-state index in [1.165, 1.54) is 11.1 Å². The van der Waals surface area contributed by atoms with Crippen LogP contribution in [0.3, 0.4) is 0 Å². The first kappa shape index (κ1) is 15.2. The molecule has 2 heteroatoms. The Morgan fingerprint density at radius 3 is 2.33 bits per heavy atom. The highest BCUT2D eigenvalue weighted by molar-refractivity contribution is 5.26. The molecule has 1 rings (SSSR count). The SMILES string of the molecule is CCC(C)OCc1ccccc1CNC(C)(C)C. The van der Waals surface area contributed by atoms with Gasteiger partial charge in [0.25, 0.3) is 0 Å². The van der Waals surface area contributed by atoms with Crippen molar-refractivity contribution in [2.75, 3.05) is 0 Å². The first-order chi connectivity index (χ1) is 8.42. The van der Waals surface area contributed by atoms with Gasteiger partial charge in [-0.1, -0.05) is 31.2 Å². The predicted molar refractivity (Wildman–Crippen MR) is 77.6 cm³/mol. The van der Waals surface area contributed by atoms with E-state index in [0.29, 0.717) is 12.7 Å². The average molecular weight is 249 g/mol. The van der Waals surface area contributed by atoms with E-state index >= 15 is 0 Å². The van der Waals surface area contributed by atoms with E-state index < -0.39 is 0 Å². The topological polar surface area (TPSA) is 21.3 Å². The Kier molecular flexibility index (Phi) is 5.83. The molecule has 0 saturated carbocycles. The molecule has 0 bridgehead atoms. The third-order valence-corrected chi connectivity index (χ3v) is 3.03. The Morgan fingerprint density at radius 1 is 1.17 bits per heavy atom. The van der Waals surface area contributed by atoms with Crippen molar-refractivity contribution in [1.82, 2.24) is 5.32 Å². The summed E-state index contributed by atoms with van der Waals surface area (Å²) < 4.78 is 5.82. The Morgan fingerprint density at radius 2 is 1.78 bits per heavy atom. The summed E-state index contributed by atoms with van der Waals surface area (Å²) in [5.41, 5.74) is 2.76. The van der Waals surface area contributed by atoms with E-state index in [1.807, 2.05) is 0 Å². The highest BCUT2D eigenvalue weighted by Gasteiger charge is 2.10. The van der Waals surface area contributed by atoms with Crippen LogP contribution < -0.4 is 5.32 Å². The van der Waals surface area contributed by atoms with Gasteiger partial charge in [-0.25, -0.2) is 0 Å². The number of nitrogens with one attached hydrogen (secondary N) is 1. The molecule has 0 spiro atoms. The van der Waals surface area contributed by atoms with Crippen molar-refractivity contribution < 1.29 is 4.74 Å². The molecule has 0 heterocycles. The van der Waals surface area contributed by atoms with E-state index in [4.69, 9.17) is 4.74 Å². The van der Waals surface area contributed by atoms with E-state index in [2.05, 4.69) is 64.2 Å². The van der Waals surface area contributed by atoms with Crippen LogP contribution in [0.5, 0.6) is 0 Å². The number of benzene rings is 1. The van der Waals surface area contributed by atoms with Crippen LogP contribution in [-0.4, -0.2) is 11.6 Å². The molecule has 0 saturated heterocycles. The maximum absolute atomic E-state index is 5.82. The molecule has 1 N–H and O–H groups in total. The van der Waals surface area contributed by atoms with Crippen LogP contribution in [0.25, 0.3) is 0 Å². The normalized spacial score (nSPS) is 13.6. The zero-order valence-corrected chi connectivity index (χ0v) is 12.4. The van der Waals surface area contributed by atoms with Gasteiger partial charge in [0.15, 0.2) is 0 Å². The first-order valence-electron chi connectivity index (χ1n) is 6.86. The van der Waals surface area contributed by atoms with Gasteiger partial charge in [-0.3, -0.25) is 0 Å². The van der Waals surface area contributed by atoms with E-state index in [9.17, 15) is 0 Å². The van der Waals surface area contributed by atoms with Gasteiger partial charge in [-0.05, 0) is 45.2 Å². The van der Waals surface area contributed by atoms with Crippen molar-refractivity contribution in [3.05, 3.63) is 35.4 Å². The first-order valence-corrected chi connectivity index (χ1v) is 6.86. The average Bonchev–Trinajstić information content (AvgIpc) is 2.33. The maximum Gasteiger partial charge on any atom is 0.0723 e. The van der Waals surface area contributed by atoms with Crippen molar-refractivity contribution in [1.29, 1.82) is 0 Å². The lowest BCUT2D eigenvalue weighted by atomic mass is 10.1. The van der Waals surface area contributed by atoms with Crippen molar-refractivity contribution in [2.45, 2.75) is 65.8 Å². The molecule has 1 atom stereocenters. The van der Waals surface area contributed by atoms with Crippen molar-refractivity contribution in [3.8, 4) is 0 Å². The molecule has 0 amide bonds. The van der Waals surface area contributed by atoms with Crippen molar-refractivity contribution in [3.63, 3.8) is 0 Å². The highest BCUT2D eigenvalue weighted by atomic mass is 16.5. The van der Waals surface area contributed by atoms with Crippen LogP contribution in [-0.2, 0) is 17.9 Å². The number of ether oxygens (including phenoxy) is 1. The zero-order valence-electron chi connectivity index (χ0n) is 12.4. The predicted octanol–water partition coefficient (Wildman–Crippen LogP) is 3.89. The molecule has 0 radical (unpaired) electrons. The second kappa shape index (κ2) is 6.91. The molecular weight excluding hydrogens is 222 g/mol. The standard InChI is InChI=1S/C16H27NO/c1-6-13(2)18-12-15-10-8-7-9-14(15)11-17-16(3,4)5/h7-10,13,17H,6,11-12H2,1-5H3. The Labute approximate surface area is 112 Å². The van der Waals surface area contributed by atoms with Crippen molar-refractivity contribution in [2.24, 2.45) is 0 Å². The third-order valence-electron chi connectivity index (χ3n) is 3.03. The molecular formula is C16H27NO. The molecule has 2 nitrogen and oxygen atoms in total. The lowest BCUT2D eigenvalue weighted by molar-refractivity contribution is 0.0503. The van der Waals surface area contributed by atoms with Gasteiger partial charge < -0.3 is 10.1 Å². The smallest absolute Gasteiger partial charge is 0.0723 e. The van der Waals surface area contributed by atoms with E-state index in [-0.39, 0.29) is 5.54 Å². The van der Waals surface area contributed by atoms with Crippen LogP contribution in [0, 0.1) is 0 Å². The number of hydrogen-bond acceptors (Lipinski definition) is 2. The van der Waals surface area contributed by atoms with Gasteiger partial charge in [0.1, 0.15) is 0 Å². The molecule has 1 aromatic rings. The Bertz CT molecular complexity index is 354. The second-order valence-electron chi connectivity index (χ2n) is 5.90. The van der Waals surface area contributed by atoms with E-state index in [0.717, 1.165) is 13.0 Å². The molecule has 0 aliphatic carbocycles. The number of hydrogen-bond donors (Lipinski definition) is 1. The fraction of sp³-hybridized carbons (Fsp3) is 0.625. The molecule has 18 heavy (non-hydrogen) atoms. The summed E-state index contributed by atoms with van der Waals surface area (Å²) in [6.07, 6.45) is 1.39. The van der Waals surface area contributed by atoms with Crippen LogP contribution in [0.2, 0.25) is 0 Å². The molecule has 0 fully saturated rings. The van der Waals surface area contributed by atoms with Gasteiger partial charge in [0.2, 0.25) is 0 Å². The van der Waals surface area contributed by atoms with Crippen LogP contribution in [0.1, 0.15) is 52.2 Å². The monoisotopic (exact) mass is 249 g/mol. The van der Waals surface area contributed by atoms with Gasteiger partial charge in [-0.15, -0.1) is 0 Å². The summed E-state index contributed by atoms with van der Waals surface area (Å²) in [5.74, 6) is 0. The fourth-order valence-electron chi connectivity index (χ4n) is 1.58. The van der Waals surface area contributed by atoms with Crippen LogP contribution in [0.4, 0.5) is 0 Å². The quantitative estimate of drug-likeness (QED) is 0.826. The van der Waals surface area contributed by atoms with Crippen LogP contribution >= 0.6 is 0 Å². The summed E-state index contributed by atoms with van der Waals surface area (Å²) in [7, 11) is 0. The minimum Gasteiger partial charge on any atom is -0.374 e. The summed E-state index contributed by atoms with van der Waals surface area (Å²) in [4.78, 5) is 0. The minimum atomic E-state index is 0.144. The Hall–Kier alpha value is -0.860. The number of rotatable bonds is 6.